The lowest BCUT2D eigenvalue weighted by molar-refractivity contribution is 0.0693. The smallest absolute Gasteiger partial charge is 0.340 e. The van der Waals surface area contributed by atoms with Gasteiger partial charge in [0, 0.05) is 13.1 Å². The van der Waals surface area contributed by atoms with Gasteiger partial charge in [-0.3, -0.25) is 0 Å². The van der Waals surface area contributed by atoms with Crippen molar-refractivity contribution in [2.24, 2.45) is 0 Å². The molecule has 2 amide bonds. The molecule has 2 N–H and O–H groups in total. The molecule has 1 aliphatic rings. The normalized spacial score (nSPS) is 14.1. The Balaban J connectivity index is 2.20. The van der Waals surface area contributed by atoms with Crippen molar-refractivity contribution in [1.29, 1.82) is 0 Å². The van der Waals surface area contributed by atoms with Gasteiger partial charge in [-0.1, -0.05) is 6.07 Å². The second-order valence-corrected chi connectivity index (χ2v) is 4.24. The Morgan fingerprint density at radius 2 is 2.11 bits per heavy atom. The standard InChI is InChI=1S/C12H13FN2O3/c1-15(7-5-6-7)12(18)14-9-4-2-3-8(13)10(9)11(16)17/h2-4,7H,5-6H2,1H3,(H,14,18)(H,16,17). The van der Waals surface area contributed by atoms with Crippen molar-refractivity contribution < 1.29 is 19.1 Å². The van der Waals surface area contributed by atoms with Gasteiger partial charge in [0.1, 0.15) is 11.4 Å². The maximum atomic E-state index is 13.4. The third kappa shape index (κ3) is 2.42. The molecule has 0 unspecified atom stereocenters. The Kier molecular flexibility index (Phi) is 3.18. The number of amides is 2. The summed E-state index contributed by atoms with van der Waals surface area (Å²) in [7, 11) is 1.63. The minimum absolute atomic E-state index is 0.0278. The molecule has 0 bridgehead atoms. The van der Waals surface area contributed by atoms with Crippen LogP contribution in [0.25, 0.3) is 0 Å². The zero-order chi connectivity index (χ0) is 13.3. The number of nitrogens with zero attached hydrogens (tertiary/aromatic N) is 1. The fourth-order valence-corrected chi connectivity index (χ4v) is 1.68. The molecule has 0 heterocycles. The van der Waals surface area contributed by atoms with E-state index in [0.29, 0.717) is 0 Å². The topological polar surface area (TPSA) is 69.6 Å². The lowest BCUT2D eigenvalue weighted by Gasteiger charge is -2.18. The SMILES string of the molecule is CN(C(=O)Nc1cccc(F)c1C(=O)O)C1CC1. The number of carboxylic acids is 1. The molecule has 0 spiro atoms. The summed E-state index contributed by atoms with van der Waals surface area (Å²) in [6.45, 7) is 0. The van der Waals surface area contributed by atoms with Crippen molar-refractivity contribution in [3.05, 3.63) is 29.6 Å². The first-order chi connectivity index (χ1) is 8.50. The van der Waals surface area contributed by atoms with Crippen LogP contribution < -0.4 is 5.32 Å². The van der Waals surface area contributed by atoms with Gasteiger partial charge in [-0.15, -0.1) is 0 Å². The van der Waals surface area contributed by atoms with Gasteiger partial charge in [-0.2, -0.15) is 0 Å². The lowest BCUT2D eigenvalue weighted by Crippen LogP contribution is -2.33. The van der Waals surface area contributed by atoms with Crippen LogP contribution in [0.2, 0.25) is 0 Å². The maximum absolute atomic E-state index is 13.4. The summed E-state index contributed by atoms with van der Waals surface area (Å²) in [5, 5.41) is 11.3. The van der Waals surface area contributed by atoms with Crippen LogP contribution in [0.15, 0.2) is 18.2 Å². The number of carbonyl (C=O) groups excluding carboxylic acids is 1. The van der Waals surface area contributed by atoms with Crippen LogP contribution in [0, 0.1) is 5.82 Å². The van der Waals surface area contributed by atoms with E-state index < -0.39 is 23.4 Å². The average molecular weight is 252 g/mol. The number of halogens is 1. The molecule has 96 valence electrons. The molecule has 1 aromatic rings. The molecule has 5 nitrogen and oxygen atoms in total. The van der Waals surface area contributed by atoms with Crippen molar-refractivity contribution in [3.8, 4) is 0 Å². The summed E-state index contributed by atoms with van der Waals surface area (Å²) >= 11 is 0. The number of carboxylic acid groups (broad SMARTS) is 1. The molecule has 0 atom stereocenters. The molecule has 1 aromatic carbocycles. The van der Waals surface area contributed by atoms with Crippen LogP contribution in [-0.2, 0) is 0 Å². The van der Waals surface area contributed by atoms with Gasteiger partial charge in [0.25, 0.3) is 0 Å². The summed E-state index contributed by atoms with van der Waals surface area (Å²) in [5.74, 6) is -2.27. The largest absolute Gasteiger partial charge is 0.478 e. The summed E-state index contributed by atoms with van der Waals surface area (Å²) < 4.78 is 13.4. The number of anilines is 1. The number of nitrogens with one attached hydrogen (secondary N) is 1. The summed E-state index contributed by atoms with van der Waals surface area (Å²) in [6, 6.07) is 3.54. The number of hydrogen-bond acceptors (Lipinski definition) is 2. The molecule has 2 rings (SSSR count). The molecule has 1 saturated carbocycles. The van der Waals surface area contributed by atoms with E-state index in [1.54, 1.807) is 7.05 Å². The van der Waals surface area contributed by atoms with Crippen LogP contribution in [-0.4, -0.2) is 35.1 Å². The molecular weight excluding hydrogens is 239 g/mol. The summed E-state index contributed by atoms with van der Waals surface area (Å²) in [6.07, 6.45) is 1.89. The van der Waals surface area contributed by atoms with E-state index in [9.17, 15) is 14.0 Å². The van der Waals surface area contributed by atoms with Crippen LogP contribution in [0.3, 0.4) is 0 Å². The second-order valence-electron chi connectivity index (χ2n) is 4.24. The van der Waals surface area contributed by atoms with Gasteiger partial charge >= 0.3 is 12.0 Å². The first-order valence-electron chi connectivity index (χ1n) is 5.56. The quantitative estimate of drug-likeness (QED) is 0.866. The van der Waals surface area contributed by atoms with Crippen molar-refractivity contribution in [2.45, 2.75) is 18.9 Å². The zero-order valence-electron chi connectivity index (χ0n) is 9.81. The molecule has 0 aliphatic heterocycles. The van der Waals surface area contributed by atoms with E-state index in [1.165, 1.54) is 17.0 Å². The predicted molar refractivity (Wildman–Crippen MR) is 63.2 cm³/mol. The van der Waals surface area contributed by atoms with Gasteiger partial charge in [-0.05, 0) is 25.0 Å². The number of benzene rings is 1. The molecule has 0 saturated heterocycles. The Labute approximate surface area is 103 Å². The van der Waals surface area contributed by atoms with E-state index in [2.05, 4.69) is 5.32 Å². The zero-order valence-corrected chi connectivity index (χ0v) is 9.81. The van der Waals surface area contributed by atoms with E-state index in [-0.39, 0.29) is 11.7 Å². The van der Waals surface area contributed by atoms with Crippen LogP contribution in [0.1, 0.15) is 23.2 Å². The van der Waals surface area contributed by atoms with E-state index in [4.69, 9.17) is 5.11 Å². The first-order valence-corrected chi connectivity index (χ1v) is 5.56. The Bertz CT molecular complexity index is 500. The Morgan fingerprint density at radius 3 is 2.67 bits per heavy atom. The van der Waals surface area contributed by atoms with Gasteiger partial charge in [0.2, 0.25) is 0 Å². The molecular formula is C12H13FN2O3. The third-order valence-electron chi connectivity index (χ3n) is 2.88. The average Bonchev–Trinajstić information content (AvgIpc) is 3.11. The van der Waals surface area contributed by atoms with Crippen molar-refractivity contribution >= 4 is 17.7 Å². The maximum Gasteiger partial charge on any atom is 0.340 e. The van der Waals surface area contributed by atoms with E-state index in [1.807, 2.05) is 0 Å². The fraction of sp³-hybridized carbons (Fsp3) is 0.333. The van der Waals surface area contributed by atoms with Crippen molar-refractivity contribution in [2.75, 3.05) is 12.4 Å². The highest BCUT2D eigenvalue weighted by Gasteiger charge is 2.30. The number of carbonyl (C=O) groups is 2. The van der Waals surface area contributed by atoms with Crippen LogP contribution in [0.4, 0.5) is 14.9 Å². The fourth-order valence-electron chi connectivity index (χ4n) is 1.68. The monoisotopic (exact) mass is 252 g/mol. The number of urea groups is 1. The number of rotatable bonds is 3. The first kappa shape index (κ1) is 12.3. The Morgan fingerprint density at radius 1 is 1.44 bits per heavy atom. The molecule has 1 aliphatic carbocycles. The molecule has 18 heavy (non-hydrogen) atoms. The summed E-state index contributed by atoms with van der Waals surface area (Å²) in [5.41, 5.74) is -0.546. The predicted octanol–water partition coefficient (Wildman–Crippen LogP) is 2.15. The van der Waals surface area contributed by atoms with Gasteiger partial charge in [0.05, 0.1) is 5.69 Å². The van der Waals surface area contributed by atoms with Gasteiger partial charge in [-0.25, -0.2) is 14.0 Å². The van der Waals surface area contributed by atoms with Gasteiger partial charge in [0.15, 0.2) is 0 Å². The molecule has 1 fully saturated rings. The highest BCUT2D eigenvalue weighted by atomic mass is 19.1. The molecule has 6 heteroatoms. The van der Waals surface area contributed by atoms with E-state index in [0.717, 1.165) is 18.9 Å². The minimum Gasteiger partial charge on any atom is -0.478 e. The van der Waals surface area contributed by atoms with Crippen LogP contribution in [0.5, 0.6) is 0 Å². The summed E-state index contributed by atoms with van der Waals surface area (Å²) in [4.78, 5) is 24.2. The minimum atomic E-state index is -1.41. The number of hydrogen-bond donors (Lipinski definition) is 2. The molecule has 0 radical (unpaired) electrons. The van der Waals surface area contributed by atoms with Crippen molar-refractivity contribution in [1.82, 2.24) is 4.90 Å². The third-order valence-corrected chi connectivity index (χ3v) is 2.88. The lowest BCUT2D eigenvalue weighted by atomic mass is 10.1. The van der Waals surface area contributed by atoms with Crippen LogP contribution >= 0.6 is 0 Å². The second kappa shape index (κ2) is 4.64. The van der Waals surface area contributed by atoms with E-state index >= 15 is 0 Å². The van der Waals surface area contributed by atoms with Crippen molar-refractivity contribution in [3.63, 3.8) is 0 Å². The highest BCUT2D eigenvalue weighted by Crippen LogP contribution is 2.26. The Hall–Kier alpha value is -2.11. The molecule has 0 aromatic heterocycles. The van der Waals surface area contributed by atoms with Gasteiger partial charge < -0.3 is 15.3 Å². The number of aromatic carboxylic acids is 1. The highest BCUT2D eigenvalue weighted by molar-refractivity contribution is 6.00.